The summed E-state index contributed by atoms with van der Waals surface area (Å²) in [4.78, 5) is 34.2. The Morgan fingerprint density at radius 2 is 2.00 bits per heavy atom. The van der Waals surface area contributed by atoms with Crippen LogP contribution >= 0.6 is 0 Å². The van der Waals surface area contributed by atoms with Crippen LogP contribution in [0, 0.1) is 0 Å². The highest BCUT2D eigenvalue weighted by molar-refractivity contribution is 5.98. The number of hydrogen-bond acceptors (Lipinski definition) is 5. The van der Waals surface area contributed by atoms with E-state index in [0.717, 1.165) is 25.9 Å². The molecule has 1 aromatic rings. The fraction of sp³-hybridized carbons (Fsp3) is 0.438. The van der Waals surface area contributed by atoms with Crippen LogP contribution in [0.4, 0.5) is 5.69 Å². The van der Waals surface area contributed by atoms with Crippen molar-refractivity contribution >= 4 is 23.5 Å². The molecule has 0 radical (unpaired) electrons. The Morgan fingerprint density at radius 3 is 2.71 bits per heavy atom. The average Bonchev–Trinajstić information content (AvgIpc) is 2.59. The Hall–Kier alpha value is -2.45. The molecule has 8 nitrogen and oxygen atoms in total. The van der Waals surface area contributed by atoms with Gasteiger partial charge in [0.25, 0.3) is 5.91 Å². The molecule has 0 saturated carbocycles. The van der Waals surface area contributed by atoms with E-state index < -0.39 is 18.4 Å². The largest absolute Gasteiger partial charge is 0.480 e. The summed E-state index contributed by atoms with van der Waals surface area (Å²) in [5.41, 5.74) is 0.727. The molecule has 0 unspecified atom stereocenters. The van der Waals surface area contributed by atoms with Gasteiger partial charge in [-0.2, -0.15) is 0 Å². The Balaban J connectivity index is 1.83. The van der Waals surface area contributed by atoms with Gasteiger partial charge in [-0.15, -0.1) is 0 Å². The van der Waals surface area contributed by atoms with E-state index in [0.29, 0.717) is 5.69 Å². The van der Waals surface area contributed by atoms with E-state index in [1.54, 1.807) is 18.2 Å². The van der Waals surface area contributed by atoms with Crippen LogP contribution in [0.15, 0.2) is 24.3 Å². The third-order valence-corrected chi connectivity index (χ3v) is 3.54. The Labute approximate surface area is 139 Å². The number of carbonyl (C=O) groups excluding carboxylic acids is 2. The number of carboxylic acid groups (broad SMARTS) is 1. The zero-order valence-corrected chi connectivity index (χ0v) is 13.2. The first-order valence-corrected chi connectivity index (χ1v) is 7.77. The number of aliphatic carboxylic acids is 1. The summed E-state index contributed by atoms with van der Waals surface area (Å²) >= 11 is 0. The summed E-state index contributed by atoms with van der Waals surface area (Å²) in [5, 5.41) is 16.7. The monoisotopic (exact) mass is 335 g/mol. The van der Waals surface area contributed by atoms with Crippen molar-refractivity contribution in [1.82, 2.24) is 10.6 Å². The number of carbonyl (C=O) groups is 3. The number of carboxylic acids is 1. The lowest BCUT2D eigenvalue weighted by molar-refractivity contribution is -0.135. The van der Waals surface area contributed by atoms with Crippen LogP contribution < -0.4 is 16.0 Å². The van der Waals surface area contributed by atoms with Crippen LogP contribution in [0.1, 0.15) is 23.2 Å². The highest BCUT2D eigenvalue weighted by Crippen LogP contribution is 2.11. The molecule has 8 heteroatoms. The molecule has 130 valence electrons. The van der Waals surface area contributed by atoms with Crippen molar-refractivity contribution in [3.8, 4) is 0 Å². The van der Waals surface area contributed by atoms with Crippen molar-refractivity contribution in [2.24, 2.45) is 0 Å². The first-order chi connectivity index (χ1) is 11.5. The van der Waals surface area contributed by atoms with E-state index in [1.807, 2.05) is 0 Å². The molecule has 0 bridgehead atoms. The summed E-state index contributed by atoms with van der Waals surface area (Å²) in [5.74, 6) is -1.93. The van der Waals surface area contributed by atoms with Crippen molar-refractivity contribution in [2.45, 2.75) is 18.9 Å². The molecule has 0 atom stereocenters. The highest BCUT2D eigenvalue weighted by atomic mass is 16.5. The minimum atomic E-state index is -1.12. The fourth-order valence-corrected chi connectivity index (χ4v) is 2.35. The molecule has 1 saturated heterocycles. The highest BCUT2D eigenvalue weighted by Gasteiger charge is 2.15. The van der Waals surface area contributed by atoms with E-state index in [-0.39, 0.29) is 24.2 Å². The summed E-state index contributed by atoms with van der Waals surface area (Å²) in [6, 6.07) is 6.29. The molecule has 0 spiro atoms. The molecule has 0 aromatic heterocycles. The van der Waals surface area contributed by atoms with Gasteiger partial charge < -0.3 is 25.8 Å². The fourth-order valence-electron chi connectivity index (χ4n) is 2.35. The van der Waals surface area contributed by atoms with Crippen molar-refractivity contribution in [3.05, 3.63) is 29.8 Å². The maximum Gasteiger partial charge on any atom is 0.322 e. The maximum absolute atomic E-state index is 11.9. The summed E-state index contributed by atoms with van der Waals surface area (Å²) in [6.45, 7) is 1.28. The van der Waals surface area contributed by atoms with E-state index in [4.69, 9.17) is 9.84 Å². The quantitative estimate of drug-likeness (QED) is 0.566. The van der Waals surface area contributed by atoms with Crippen LogP contribution in [0.25, 0.3) is 0 Å². The summed E-state index contributed by atoms with van der Waals surface area (Å²) in [7, 11) is 0. The van der Waals surface area contributed by atoms with Gasteiger partial charge in [-0.3, -0.25) is 14.4 Å². The molecule has 1 fully saturated rings. The molecule has 2 rings (SSSR count). The number of nitrogens with one attached hydrogen (secondary N) is 3. The SMILES string of the molecule is O=C(O)CNC(=O)c1cccc(NC(=O)COC2CCNCC2)c1. The van der Waals surface area contributed by atoms with Crippen molar-refractivity contribution in [3.63, 3.8) is 0 Å². The number of amides is 2. The van der Waals surface area contributed by atoms with E-state index >= 15 is 0 Å². The Morgan fingerprint density at radius 1 is 1.25 bits per heavy atom. The van der Waals surface area contributed by atoms with E-state index in [9.17, 15) is 14.4 Å². The van der Waals surface area contributed by atoms with Crippen LogP contribution in [0.3, 0.4) is 0 Å². The van der Waals surface area contributed by atoms with Gasteiger partial charge >= 0.3 is 5.97 Å². The number of ether oxygens (including phenoxy) is 1. The molecule has 1 aromatic carbocycles. The minimum absolute atomic E-state index is 0.0416. The van der Waals surface area contributed by atoms with Crippen molar-refractivity contribution < 1.29 is 24.2 Å². The predicted molar refractivity (Wildman–Crippen MR) is 86.9 cm³/mol. The number of rotatable bonds is 7. The molecular weight excluding hydrogens is 314 g/mol. The van der Waals surface area contributed by atoms with Crippen molar-refractivity contribution in [2.75, 3.05) is 31.6 Å². The predicted octanol–water partition coefficient (Wildman–Crippen LogP) is 0.208. The van der Waals surface area contributed by atoms with Gasteiger partial charge in [-0.25, -0.2) is 0 Å². The second kappa shape index (κ2) is 8.99. The molecule has 1 aliphatic heterocycles. The maximum atomic E-state index is 11.9. The molecule has 1 heterocycles. The van der Waals surface area contributed by atoms with Gasteiger partial charge in [0.05, 0.1) is 6.10 Å². The smallest absolute Gasteiger partial charge is 0.322 e. The van der Waals surface area contributed by atoms with E-state index in [2.05, 4.69) is 16.0 Å². The summed E-state index contributed by atoms with van der Waals surface area (Å²) in [6.07, 6.45) is 1.85. The second-order valence-electron chi connectivity index (χ2n) is 5.47. The van der Waals surface area contributed by atoms with Gasteiger partial charge in [0.2, 0.25) is 5.91 Å². The van der Waals surface area contributed by atoms with Crippen LogP contribution in [-0.4, -0.2) is 55.2 Å². The van der Waals surface area contributed by atoms with Gasteiger partial charge in [-0.1, -0.05) is 6.07 Å². The standard InChI is InChI=1S/C16H21N3O5/c20-14(10-24-13-4-6-17-7-5-13)19-12-3-1-2-11(8-12)16(23)18-9-15(21)22/h1-3,8,13,17H,4-7,9-10H2,(H,18,23)(H,19,20)(H,21,22). The number of hydrogen-bond donors (Lipinski definition) is 4. The molecular formula is C16H21N3O5. The molecule has 0 aliphatic carbocycles. The van der Waals surface area contributed by atoms with Gasteiger partial charge in [0, 0.05) is 11.3 Å². The Kier molecular flexibility index (Phi) is 6.71. The lowest BCUT2D eigenvalue weighted by Crippen LogP contribution is -2.34. The van der Waals surface area contributed by atoms with Crippen LogP contribution in [0.2, 0.25) is 0 Å². The third kappa shape index (κ3) is 5.98. The first kappa shape index (κ1) is 17.9. The van der Waals surface area contributed by atoms with Crippen LogP contribution in [0.5, 0.6) is 0 Å². The second-order valence-corrected chi connectivity index (χ2v) is 5.47. The van der Waals surface area contributed by atoms with Gasteiger partial charge in [0.1, 0.15) is 13.2 Å². The molecule has 1 aliphatic rings. The average molecular weight is 335 g/mol. The normalized spacial score (nSPS) is 14.8. The summed E-state index contributed by atoms with van der Waals surface area (Å²) < 4.78 is 5.56. The zero-order chi connectivity index (χ0) is 17.4. The van der Waals surface area contributed by atoms with Crippen molar-refractivity contribution in [1.29, 1.82) is 0 Å². The number of piperidine rings is 1. The zero-order valence-electron chi connectivity index (χ0n) is 13.2. The topological polar surface area (TPSA) is 117 Å². The van der Waals surface area contributed by atoms with Crippen LogP contribution in [-0.2, 0) is 14.3 Å². The lowest BCUT2D eigenvalue weighted by Gasteiger charge is -2.22. The van der Waals surface area contributed by atoms with Gasteiger partial charge in [0.15, 0.2) is 0 Å². The molecule has 2 amide bonds. The van der Waals surface area contributed by atoms with Gasteiger partial charge in [-0.05, 0) is 44.1 Å². The number of benzene rings is 1. The first-order valence-electron chi connectivity index (χ1n) is 7.77. The molecule has 4 N–H and O–H groups in total. The Bertz CT molecular complexity index is 599. The lowest BCUT2D eigenvalue weighted by atomic mass is 10.1. The number of anilines is 1. The van der Waals surface area contributed by atoms with E-state index in [1.165, 1.54) is 6.07 Å². The minimum Gasteiger partial charge on any atom is -0.480 e. The third-order valence-electron chi connectivity index (χ3n) is 3.54. The molecule has 24 heavy (non-hydrogen) atoms.